The Morgan fingerprint density at radius 1 is 0.709 bits per heavy atom. The van der Waals surface area contributed by atoms with Gasteiger partial charge in [0.25, 0.3) is 0 Å². The molecule has 1 aromatic carbocycles. The van der Waals surface area contributed by atoms with E-state index in [0.717, 1.165) is 29.6 Å². The quantitative estimate of drug-likeness (QED) is 0.0815. The monoisotopic (exact) mass is 753 g/mol. The van der Waals surface area contributed by atoms with Crippen molar-refractivity contribution in [3.63, 3.8) is 0 Å². The van der Waals surface area contributed by atoms with Crippen LogP contribution in [-0.2, 0) is 14.3 Å². The van der Waals surface area contributed by atoms with Crippen LogP contribution in [0.2, 0.25) is 0 Å². The molecular formula is C49H68O6. The van der Waals surface area contributed by atoms with Crippen LogP contribution in [0.3, 0.4) is 0 Å². The number of carbonyl (C=O) groups is 3. The molecule has 1 aliphatic heterocycles. The lowest BCUT2D eigenvalue weighted by atomic mass is 9.53. The highest BCUT2D eigenvalue weighted by Gasteiger charge is 2.69. The largest absolute Gasteiger partial charge is 0.490 e. The van der Waals surface area contributed by atoms with Gasteiger partial charge in [0.05, 0.1) is 10.8 Å². The highest BCUT2D eigenvalue weighted by atomic mass is 16.5. The number of carbonyl (C=O) groups excluding carboxylic acids is 3. The molecule has 0 amide bonds. The van der Waals surface area contributed by atoms with Crippen LogP contribution in [-0.4, -0.2) is 36.2 Å². The fourth-order valence-corrected chi connectivity index (χ4v) is 8.63. The fraction of sp³-hybridized carbons (Fsp3) is 0.571. The molecule has 4 rings (SSSR count). The van der Waals surface area contributed by atoms with Crippen LogP contribution in [0.1, 0.15) is 146 Å². The SMILES string of the molecule is CC(C)=CCOc1ccc(C(=O)C2=C3OC(C)(C)C(CC=C(C)C)CC34CC(CC=C(C)C)C(C)(C)CC(CC=C(C)C)(C2=O)C4=O)cc1OCC=C(C)C. The first-order valence-electron chi connectivity index (χ1n) is 20.2. The Morgan fingerprint density at radius 3 is 1.76 bits per heavy atom. The van der Waals surface area contributed by atoms with Gasteiger partial charge >= 0.3 is 0 Å². The maximum atomic E-state index is 15.8. The number of ether oxygens (including phenoxy) is 3. The van der Waals surface area contributed by atoms with E-state index in [9.17, 15) is 0 Å². The normalized spacial score (nSPS) is 25.0. The van der Waals surface area contributed by atoms with Crippen molar-refractivity contribution in [3.8, 4) is 11.5 Å². The number of benzene rings is 1. The summed E-state index contributed by atoms with van der Waals surface area (Å²) in [6.07, 6.45) is 13.6. The summed E-state index contributed by atoms with van der Waals surface area (Å²) in [6, 6.07) is 5.13. The summed E-state index contributed by atoms with van der Waals surface area (Å²) in [4.78, 5) is 46.6. The van der Waals surface area contributed by atoms with Crippen molar-refractivity contribution in [1.29, 1.82) is 0 Å². The molecule has 2 fully saturated rings. The van der Waals surface area contributed by atoms with E-state index >= 15 is 14.4 Å². The predicted octanol–water partition coefficient (Wildman–Crippen LogP) is 12.3. The van der Waals surface area contributed by atoms with Gasteiger partial charge in [-0.1, -0.05) is 59.9 Å². The Balaban J connectivity index is 2.05. The van der Waals surface area contributed by atoms with E-state index in [1.807, 2.05) is 73.6 Å². The van der Waals surface area contributed by atoms with E-state index in [4.69, 9.17) is 14.2 Å². The molecule has 2 aliphatic carbocycles. The molecule has 3 aliphatic rings. The second-order valence-electron chi connectivity index (χ2n) is 18.9. The van der Waals surface area contributed by atoms with Gasteiger partial charge in [0.1, 0.15) is 30.1 Å². The highest BCUT2D eigenvalue weighted by molar-refractivity contribution is 6.34. The summed E-state index contributed by atoms with van der Waals surface area (Å²) in [5.41, 5.74) is 2.29. The molecule has 0 radical (unpaired) electrons. The zero-order valence-electron chi connectivity index (χ0n) is 36.4. The van der Waals surface area contributed by atoms with Gasteiger partial charge in [-0.05, 0) is 163 Å². The second kappa shape index (κ2) is 17.1. The summed E-state index contributed by atoms with van der Waals surface area (Å²) in [7, 11) is 0. The lowest BCUT2D eigenvalue weighted by Crippen LogP contribution is -2.59. The minimum Gasteiger partial charge on any atom is -0.490 e. The first-order chi connectivity index (χ1) is 25.6. The molecule has 2 bridgehead atoms. The molecule has 0 N–H and O–H groups in total. The molecule has 4 unspecified atom stereocenters. The number of ketones is 3. The van der Waals surface area contributed by atoms with Gasteiger partial charge in [-0.2, -0.15) is 0 Å². The maximum Gasteiger partial charge on any atom is 0.200 e. The van der Waals surface area contributed by atoms with Gasteiger partial charge in [0.2, 0.25) is 0 Å². The minimum atomic E-state index is -1.42. The van der Waals surface area contributed by atoms with Gasteiger partial charge in [0, 0.05) is 11.5 Å². The summed E-state index contributed by atoms with van der Waals surface area (Å²) in [6.45, 7) is 29.5. The molecule has 300 valence electrons. The van der Waals surface area contributed by atoms with Crippen LogP contribution in [0, 0.1) is 28.1 Å². The Kier molecular flexibility index (Phi) is 13.6. The standard InChI is InChI=1S/C49H68O6/c1-31(2)15-18-37-28-49-29-38(19-16-32(3)4)47(13,14)55-44(49)41(43(51)48(45(49)52,24-21-33(5)6)30-46(37,11)12)42(50)36-17-20-39(53-25-22-34(7)8)40(27-36)54-26-23-35(9)10/h15-17,20-23,27,37-38H,18-19,24-26,28-30H2,1-14H3. The van der Waals surface area contributed by atoms with Crippen LogP contribution in [0.4, 0.5) is 0 Å². The van der Waals surface area contributed by atoms with Crippen LogP contribution >= 0.6 is 0 Å². The van der Waals surface area contributed by atoms with Gasteiger partial charge in [-0.15, -0.1) is 0 Å². The van der Waals surface area contributed by atoms with E-state index in [1.54, 1.807) is 18.2 Å². The van der Waals surface area contributed by atoms with Crippen LogP contribution in [0.15, 0.2) is 87.8 Å². The average molecular weight is 753 g/mol. The predicted molar refractivity (Wildman–Crippen MR) is 224 cm³/mol. The van der Waals surface area contributed by atoms with Crippen molar-refractivity contribution in [1.82, 2.24) is 0 Å². The fourth-order valence-electron chi connectivity index (χ4n) is 8.63. The number of rotatable bonds is 14. The van der Waals surface area contributed by atoms with E-state index in [-0.39, 0.29) is 35.4 Å². The number of allylic oxidation sites excluding steroid dienone is 10. The topological polar surface area (TPSA) is 78.9 Å². The van der Waals surface area contributed by atoms with Crippen molar-refractivity contribution in [3.05, 3.63) is 93.3 Å². The molecule has 0 aromatic heterocycles. The summed E-state index contributed by atoms with van der Waals surface area (Å²) >= 11 is 0. The molecule has 1 saturated carbocycles. The summed E-state index contributed by atoms with van der Waals surface area (Å²) < 4.78 is 19.4. The molecular weight excluding hydrogens is 685 g/mol. The second-order valence-corrected chi connectivity index (χ2v) is 18.9. The molecule has 1 saturated heterocycles. The van der Waals surface area contributed by atoms with E-state index in [2.05, 4.69) is 53.7 Å². The lowest BCUT2D eigenvalue weighted by Gasteiger charge is -2.54. The van der Waals surface area contributed by atoms with E-state index in [0.29, 0.717) is 49.5 Å². The third kappa shape index (κ3) is 9.55. The number of hydrogen-bond acceptors (Lipinski definition) is 6. The number of fused-ring (bicyclic) bond motifs is 1. The number of hydrogen-bond donors (Lipinski definition) is 0. The molecule has 6 heteroatoms. The molecule has 4 atom stereocenters. The summed E-state index contributed by atoms with van der Waals surface area (Å²) in [5.74, 6) is 0.304. The Bertz CT molecular complexity index is 1840. The highest BCUT2D eigenvalue weighted by Crippen LogP contribution is 2.65. The minimum absolute atomic E-state index is 0.0153. The van der Waals surface area contributed by atoms with Crippen molar-refractivity contribution >= 4 is 17.3 Å². The number of Topliss-reactive ketones (excluding diaryl/α,β-unsaturated/α-hetero) is 3. The zero-order valence-corrected chi connectivity index (χ0v) is 36.4. The Hall–Kier alpha value is -3.93. The summed E-state index contributed by atoms with van der Waals surface area (Å²) in [5, 5.41) is 0. The van der Waals surface area contributed by atoms with Crippen molar-refractivity contribution < 1.29 is 28.6 Å². The average Bonchev–Trinajstić information content (AvgIpc) is 3.12. The third-order valence-electron chi connectivity index (χ3n) is 12.0. The van der Waals surface area contributed by atoms with Gasteiger partial charge in [-0.25, -0.2) is 0 Å². The van der Waals surface area contributed by atoms with Crippen LogP contribution < -0.4 is 9.47 Å². The van der Waals surface area contributed by atoms with Crippen molar-refractivity contribution in [2.24, 2.45) is 28.1 Å². The van der Waals surface area contributed by atoms with E-state index < -0.39 is 33.4 Å². The van der Waals surface area contributed by atoms with Crippen LogP contribution in [0.25, 0.3) is 0 Å². The van der Waals surface area contributed by atoms with Crippen molar-refractivity contribution in [2.45, 2.75) is 141 Å². The molecule has 6 nitrogen and oxygen atoms in total. The van der Waals surface area contributed by atoms with Gasteiger partial charge in [0.15, 0.2) is 28.8 Å². The smallest absolute Gasteiger partial charge is 0.200 e. The first-order valence-corrected chi connectivity index (χ1v) is 20.2. The Labute approximate surface area is 332 Å². The molecule has 1 spiro atoms. The van der Waals surface area contributed by atoms with Crippen LogP contribution in [0.5, 0.6) is 11.5 Å². The van der Waals surface area contributed by atoms with Crippen molar-refractivity contribution in [2.75, 3.05) is 13.2 Å². The molecule has 55 heavy (non-hydrogen) atoms. The molecule has 1 heterocycles. The Morgan fingerprint density at radius 2 is 1.22 bits per heavy atom. The molecule has 1 aromatic rings. The van der Waals surface area contributed by atoms with E-state index in [1.165, 1.54) is 11.1 Å². The van der Waals surface area contributed by atoms with Gasteiger partial charge in [-0.3, -0.25) is 14.4 Å². The first kappa shape index (κ1) is 43.8. The van der Waals surface area contributed by atoms with Gasteiger partial charge < -0.3 is 14.2 Å². The maximum absolute atomic E-state index is 15.8. The lowest BCUT2D eigenvalue weighted by molar-refractivity contribution is -0.162. The third-order valence-corrected chi connectivity index (χ3v) is 12.0. The zero-order chi connectivity index (χ0) is 41.1.